The Hall–Kier alpha value is -1.12. The quantitative estimate of drug-likeness (QED) is 0.452. The van der Waals surface area contributed by atoms with Crippen molar-refractivity contribution in [2.45, 2.75) is 88.4 Å². The summed E-state index contributed by atoms with van der Waals surface area (Å²) in [4.78, 5) is 5.55. The second-order valence-corrected chi connectivity index (χ2v) is 13.3. The summed E-state index contributed by atoms with van der Waals surface area (Å²) >= 11 is 0. The van der Waals surface area contributed by atoms with Crippen molar-refractivity contribution < 1.29 is 0 Å². The molecule has 0 saturated heterocycles. The highest BCUT2D eigenvalue weighted by atomic mass is 15.4. The summed E-state index contributed by atoms with van der Waals surface area (Å²) in [6, 6.07) is 2.20. The molecular formula is C31H40N2. The molecule has 8 saturated carbocycles. The average Bonchev–Trinajstić information content (AvgIpc) is 3.50. The maximum Gasteiger partial charge on any atom is 0.148 e. The van der Waals surface area contributed by atoms with Crippen LogP contribution >= 0.6 is 0 Å². The SMILES string of the molecule is [C](N(C1C=CC=C1)C1C2CC3CC(C2)CC1C3)N(C1C=CC=C1)C1C2CC3CC(C2)CC1C3. The van der Waals surface area contributed by atoms with E-state index in [9.17, 15) is 0 Å². The van der Waals surface area contributed by atoms with Gasteiger partial charge in [0.25, 0.3) is 0 Å². The lowest BCUT2D eigenvalue weighted by Crippen LogP contribution is -2.62. The molecule has 2 heteroatoms. The Morgan fingerprint density at radius 2 is 0.727 bits per heavy atom. The van der Waals surface area contributed by atoms with Gasteiger partial charge in [-0.2, -0.15) is 0 Å². The zero-order valence-corrected chi connectivity index (χ0v) is 20.0. The van der Waals surface area contributed by atoms with Gasteiger partial charge >= 0.3 is 0 Å². The van der Waals surface area contributed by atoms with E-state index in [1.807, 2.05) is 0 Å². The molecule has 8 bridgehead atoms. The minimum atomic E-state index is 0.404. The van der Waals surface area contributed by atoms with Gasteiger partial charge in [0.05, 0.1) is 0 Å². The van der Waals surface area contributed by atoms with Crippen LogP contribution in [0.3, 0.4) is 0 Å². The molecule has 0 spiro atoms. The van der Waals surface area contributed by atoms with Crippen LogP contribution in [0.25, 0.3) is 0 Å². The number of hydrogen-bond donors (Lipinski definition) is 0. The van der Waals surface area contributed by atoms with Crippen molar-refractivity contribution in [3.63, 3.8) is 0 Å². The maximum absolute atomic E-state index is 4.26. The summed E-state index contributed by atoms with van der Waals surface area (Å²) in [5.41, 5.74) is 0. The second kappa shape index (κ2) is 7.69. The molecule has 0 aliphatic heterocycles. The minimum Gasteiger partial charge on any atom is -0.266 e. The van der Waals surface area contributed by atoms with Gasteiger partial charge in [-0.15, -0.1) is 0 Å². The van der Waals surface area contributed by atoms with Crippen LogP contribution in [-0.4, -0.2) is 34.0 Å². The van der Waals surface area contributed by atoms with Crippen molar-refractivity contribution >= 4 is 0 Å². The fourth-order valence-corrected chi connectivity index (χ4v) is 10.7. The molecule has 0 heterocycles. The van der Waals surface area contributed by atoms with Crippen molar-refractivity contribution in [3.8, 4) is 0 Å². The molecule has 2 nitrogen and oxygen atoms in total. The van der Waals surface area contributed by atoms with Crippen LogP contribution in [0.2, 0.25) is 0 Å². The zero-order chi connectivity index (χ0) is 21.5. The lowest BCUT2D eigenvalue weighted by atomic mass is 9.53. The van der Waals surface area contributed by atoms with E-state index in [0.29, 0.717) is 24.2 Å². The van der Waals surface area contributed by atoms with Crippen LogP contribution in [0.1, 0.15) is 64.2 Å². The van der Waals surface area contributed by atoms with Crippen molar-refractivity contribution in [1.29, 1.82) is 0 Å². The smallest absolute Gasteiger partial charge is 0.148 e. The van der Waals surface area contributed by atoms with Crippen molar-refractivity contribution in [2.24, 2.45) is 47.3 Å². The van der Waals surface area contributed by atoms with Gasteiger partial charge in [0.15, 0.2) is 0 Å². The fourth-order valence-electron chi connectivity index (χ4n) is 10.7. The third-order valence-electron chi connectivity index (χ3n) is 11.3. The van der Waals surface area contributed by atoms with Crippen LogP contribution in [0, 0.1) is 54.0 Å². The highest BCUT2D eigenvalue weighted by Gasteiger charge is 2.54. The van der Waals surface area contributed by atoms with E-state index in [-0.39, 0.29) is 0 Å². The Balaban J connectivity index is 1.13. The summed E-state index contributed by atoms with van der Waals surface area (Å²) in [5.74, 6) is 7.70. The Morgan fingerprint density at radius 1 is 0.424 bits per heavy atom. The van der Waals surface area contributed by atoms with Gasteiger partial charge in [0, 0.05) is 24.2 Å². The summed E-state index contributed by atoms with van der Waals surface area (Å²) in [5, 5.41) is 0. The number of hydrogen-bond acceptors (Lipinski definition) is 2. The Kier molecular flexibility index (Phi) is 4.69. The average molecular weight is 441 g/mol. The van der Waals surface area contributed by atoms with Crippen molar-refractivity contribution in [1.82, 2.24) is 9.80 Å². The van der Waals surface area contributed by atoms with Gasteiger partial charge in [-0.25, -0.2) is 0 Å². The van der Waals surface area contributed by atoms with Gasteiger partial charge in [-0.05, 0) is 112 Å². The molecule has 10 rings (SSSR count). The first-order valence-corrected chi connectivity index (χ1v) is 14.3. The third-order valence-corrected chi connectivity index (χ3v) is 11.3. The monoisotopic (exact) mass is 440 g/mol. The second-order valence-electron chi connectivity index (χ2n) is 13.3. The van der Waals surface area contributed by atoms with Crippen LogP contribution < -0.4 is 0 Å². The van der Waals surface area contributed by atoms with E-state index in [1.165, 1.54) is 64.2 Å². The Morgan fingerprint density at radius 3 is 1.03 bits per heavy atom. The largest absolute Gasteiger partial charge is 0.266 e. The zero-order valence-electron chi connectivity index (χ0n) is 20.0. The first-order chi connectivity index (χ1) is 16.3. The van der Waals surface area contributed by atoms with Crippen molar-refractivity contribution in [3.05, 3.63) is 55.3 Å². The maximum atomic E-state index is 4.26. The summed E-state index contributed by atoms with van der Waals surface area (Å²) in [6.45, 7) is 4.26. The van der Waals surface area contributed by atoms with Crippen LogP contribution in [0.4, 0.5) is 0 Å². The standard InChI is InChI=1S/C31H40N2/c1-2-6-28(5-1)32(30-24-11-20-9-21(13-24)14-25(30)12-20)19-33(29-7-3-4-8-29)31-26-15-22-10-23(17-26)18-27(31)16-22/h1-8,20-31H,9-18H2. The van der Waals surface area contributed by atoms with Crippen LogP contribution in [0.15, 0.2) is 48.6 Å². The molecule has 33 heavy (non-hydrogen) atoms. The van der Waals surface area contributed by atoms with E-state index in [1.54, 1.807) is 0 Å². The van der Waals surface area contributed by atoms with E-state index in [4.69, 9.17) is 0 Å². The number of nitrogens with zero attached hydrogens (tertiary/aromatic N) is 2. The van der Waals surface area contributed by atoms with Gasteiger partial charge < -0.3 is 0 Å². The molecule has 0 amide bonds. The normalized spacial score (nSPS) is 49.2. The van der Waals surface area contributed by atoms with E-state index < -0.39 is 0 Å². The predicted molar refractivity (Wildman–Crippen MR) is 133 cm³/mol. The van der Waals surface area contributed by atoms with E-state index >= 15 is 0 Å². The lowest BCUT2D eigenvalue weighted by Gasteiger charge is -2.60. The highest BCUT2D eigenvalue weighted by Crippen LogP contribution is 2.58. The molecular weight excluding hydrogens is 400 g/mol. The molecule has 8 fully saturated rings. The van der Waals surface area contributed by atoms with Crippen LogP contribution in [0.5, 0.6) is 0 Å². The Labute approximate surface area is 200 Å². The third kappa shape index (κ3) is 3.26. The van der Waals surface area contributed by atoms with Gasteiger partial charge in [-0.1, -0.05) is 48.6 Å². The molecule has 174 valence electrons. The first-order valence-electron chi connectivity index (χ1n) is 14.3. The lowest BCUT2D eigenvalue weighted by molar-refractivity contribution is -0.0967. The first kappa shape index (κ1) is 20.1. The molecule has 0 atom stereocenters. The highest BCUT2D eigenvalue weighted by molar-refractivity contribution is 5.26. The summed E-state index contributed by atoms with van der Waals surface area (Å²) in [6.07, 6.45) is 33.8. The minimum absolute atomic E-state index is 0.404. The van der Waals surface area contributed by atoms with E-state index in [2.05, 4.69) is 65.1 Å². The molecule has 2 radical (unpaired) electrons. The predicted octanol–water partition coefficient (Wildman–Crippen LogP) is 6.23. The molecule has 10 aliphatic rings. The molecule has 0 aromatic carbocycles. The van der Waals surface area contributed by atoms with Gasteiger partial charge in [0.1, 0.15) is 6.67 Å². The van der Waals surface area contributed by atoms with Gasteiger partial charge in [-0.3, -0.25) is 9.80 Å². The topological polar surface area (TPSA) is 6.48 Å². The Bertz CT molecular complexity index is 743. The van der Waals surface area contributed by atoms with Crippen LogP contribution in [-0.2, 0) is 0 Å². The summed E-state index contributed by atoms with van der Waals surface area (Å²) in [7, 11) is 0. The van der Waals surface area contributed by atoms with Gasteiger partial charge in [0.2, 0.25) is 0 Å². The molecule has 0 unspecified atom stereocenters. The van der Waals surface area contributed by atoms with Crippen molar-refractivity contribution in [2.75, 3.05) is 0 Å². The molecule has 0 aromatic heterocycles. The molecule has 0 aromatic rings. The number of rotatable bonds is 6. The summed E-state index contributed by atoms with van der Waals surface area (Å²) < 4.78 is 0. The molecule has 0 N–H and O–H groups in total. The molecule has 10 aliphatic carbocycles. The number of allylic oxidation sites excluding steroid dienone is 4. The van der Waals surface area contributed by atoms with E-state index in [0.717, 1.165) is 47.3 Å². The fraction of sp³-hybridized carbons (Fsp3) is 0.710.